The van der Waals surface area contributed by atoms with Crippen LogP contribution in [0, 0.1) is 0 Å². The van der Waals surface area contributed by atoms with E-state index < -0.39 is 16.1 Å². The highest BCUT2D eigenvalue weighted by molar-refractivity contribution is 14.1. The highest BCUT2D eigenvalue weighted by Crippen LogP contribution is 2.20. The molecule has 0 aliphatic carbocycles. The summed E-state index contributed by atoms with van der Waals surface area (Å²) in [7, 11) is 0. The SMILES string of the molecule is FC(I)=C(F)C(F)F. The number of alkyl halides is 2. The standard InChI is InChI=1S/C3HF4I/c4-1(2(5)6)3(7)8/h2H. The van der Waals surface area contributed by atoms with Gasteiger partial charge in [-0.3, -0.25) is 0 Å². The van der Waals surface area contributed by atoms with Gasteiger partial charge in [0.15, 0.2) is 3.83 Å². The monoisotopic (exact) mass is 240 g/mol. The summed E-state index contributed by atoms with van der Waals surface area (Å²) >= 11 is 0.842. The molecule has 0 heterocycles. The molecule has 8 heavy (non-hydrogen) atoms. The van der Waals surface area contributed by atoms with Crippen LogP contribution in [0.3, 0.4) is 0 Å². The van der Waals surface area contributed by atoms with E-state index in [1.807, 2.05) is 0 Å². The van der Waals surface area contributed by atoms with Gasteiger partial charge in [0, 0.05) is 0 Å². The van der Waals surface area contributed by atoms with Gasteiger partial charge >= 0.3 is 0 Å². The zero-order valence-corrected chi connectivity index (χ0v) is 5.62. The lowest BCUT2D eigenvalue weighted by atomic mass is 10.6. The van der Waals surface area contributed by atoms with E-state index in [2.05, 4.69) is 0 Å². The third-order valence-corrected chi connectivity index (χ3v) is 0.887. The van der Waals surface area contributed by atoms with E-state index in [9.17, 15) is 17.6 Å². The summed E-state index contributed by atoms with van der Waals surface area (Å²) in [6.07, 6.45) is -3.33. The highest BCUT2D eigenvalue weighted by Gasteiger charge is 2.14. The van der Waals surface area contributed by atoms with E-state index in [1.54, 1.807) is 0 Å². The van der Waals surface area contributed by atoms with Gasteiger partial charge in [0.2, 0.25) is 5.83 Å². The lowest BCUT2D eigenvalue weighted by Crippen LogP contribution is -1.89. The van der Waals surface area contributed by atoms with Crippen molar-refractivity contribution in [1.29, 1.82) is 0 Å². The Hall–Kier alpha value is 0.190. The van der Waals surface area contributed by atoms with Crippen LogP contribution in [0.1, 0.15) is 0 Å². The molecule has 5 heteroatoms. The predicted octanol–water partition coefficient (Wildman–Crippen LogP) is 2.79. The molecule has 0 unspecified atom stereocenters. The fraction of sp³-hybridized carbons (Fsp3) is 0.333. The molecule has 0 radical (unpaired) electrons. The summed E-state index contributed by atoms with van der Waals surface area (Å²) in [5.74, 6) is -1.99. The summed E-state index contributed by atoms with van der Waals surface area (Å²) in [5.41, 5.74) is 0. The van der Waals surface area contributed by atoms with Crippen molar-refractivity contribution < 1.29 is 17.6 Å². The van der Waals surface area contributed by atoms with E-state index in [0.717, 1.165) is 22.6 Å². The van der Waals surface area contributed by atoms with Crippen molar-refractivity contribution in [2.75, 3.05) is 0 Å². The first kappa shape index (κ1) is 8.19. The lowest BCUT2D eigenvalue weighted by Gasteiger charge is -1.89. The van der Waals surface area contributed by atoms with E-state index in [-0.39, 0.29) is 0 Å². The molecule has 0 aromatic carbocycles. The largest absolute Gasteiger partial charge is 0.292 e. The van der Waals surface area contributed by atoms with Crippen LogP contribution in [0.5, 0.6) is 0 Å². The van der Waals surface area contributed by atoms with Crippen LogP contribution >= 0.6 is 22.6 Å². The molecule has 48 valence electrons. The van der Waals surface area contributed by atoms with Gasteiger partial charge in [0.25, 0.3) is 6.43 Å². The molecule has 0 saturated carbocycles. The topological polar surface area (TPSA) is 0 Å². The van der Waals surface area contributed by atoms with Gasteiger partial charge in [-0.15, -0.1) is 0 Å². The van der Waals surface area contributed by atoms with Crippen molar-refractivity contribution in [1.82, 2.24) is 0 Å². The van der Waals surface area contributed by atoms with Gasteiger partial charge < -0.3 is 0 Å². The first-order valence-corrected chi connectivity index (χ1v) is 2.62. The molecule has 0 rings (SSSR count). The van der Waals surface area contributed by atoms with Crippen molar-refractivity contribution in [3.63, 3.8) is 0 Å². The van der Waals surface area contributed by atoms with Crippen molar-refractivity contribution in [3.05, 3.63) is 9.66 Å². The van der Waals surface area contributed by atoms with Gasteiger partial charge in [-0.2, -0.15) is 4.39 Å². The third kappa shape index (κ3) is 2.49. The van der Waals surface area contributed by atoms with Crippen LogP contribution in [-0.4, -0.2) is 6.43 Å². The fourth-order valence-electron chi connectivity index (χ4n) is 0.0825. The Bertz CT molecular complexity index is 104. The minimum Gasteiger partial charge on any atom is -0.202 e. The Morgan fingerprint density at radius 3 is 1.62 bits per heavy atom. The second-order valence-electron chi connectivity index (χ2n) is 0.909. The van der Waals surface area contributed by atoms with E-state index in [1.165, 1.54) is 0 Å². The quantitative estimate of drug-likeness (QED) is 0.488. The molecule has 0 spiro atoms. The molecule has 0 amide bonds. The van der Waals surface area contributed by atoms with Crippen LogP contribution in [0.15, 0.2) is 9.66 Å². The summed E-state index contributed by atoms with van der Waals surface area (Å²) in [6, 6.07) is 0. The zero-order chi connectivity index (χ0) is 6.73. The molecule has 0 N–H and O–H groups in total. The van der Waals surface area contributed by atoms with Crippen molar-refractivity contribution in [2.45, 2.75) is 6.43 Å². The smallest absolute Gasteiger partial charge is 0.202 e. The van der Waals surface area contributed by atoms with Crippen molar-refractivity contribution in [3.8, 4) is 0 Å². The Kier molecular flexibility index (Phi) is 3.34. The van der Waals surface area contributed by atoms with Crippen LogP contribution in [0.4, 0.5) is 17.6 Å². The van der Waals surface area contributed by atoms with Crippen LogP contribution in [0.25, 0.3) is 0 Å². The maximum absolute atomic E-state index is 11.4. The Morgan fingerprint density at radius 1 is 1.25 bits per heavy atom. The van der Waals surface area contributed by atoms with Crippen molar-refractivity contribution >= 4 is 22.6 Å². The molecular weight excluding hydrogens is 239 g/mol. The van der Waals surface area contributed by atoms with Crippen LogP contribution in [0.2, 0.25) is 0 Å². The van der Waals surface area contributed by atoms with E-state index in [0.29, 0.717) is 0 Å². The molecule has 0 nitrogen and oxygen atoms in total. The minimum atomic E-state index is -3.33. The maximum atomic E-state index is 11.4. The number of hydrogen-bond acceptors (Lipinski definition) is 0. The first-order valence-electron chi connectivity index (χ1n) is 1.54. The molecular formula is C3HF4I. The molecule has 0 fully saturated rings. The molecule has 0 aliphatic heterocycles. The zero-order valence-electron chi connectivity index (χ0n) is 3.47. The Labute approximate surface area is 56.7 Å². The average molecular weight is 240 g/mol. The van der Waals surface area contributed by atoms with Crippen molar-refractivity contribution in [2.24, 2.45) is 0 Å². The number of allylic oxidation sites excluding steroid dienone is 1. The Morgan fingerprint density at radius 2 is 1.62 bits per heavy atom. The van der Waals surface area contributed by atoms with Crippen LogP contribution < -0.4 is 0 Å². The van der Waals surface area contributed by atoms with E-state index >= 15 is 0 Å². The fourth-order valence-corrected chi connectivity index (χ4v) is 0.318. The van der Waals surface area contributed by atoms with E-state index in [4.69, 9.17) is 0 Å². The van der Waals surface area contributed by atoms with Gasteiger partial charge in [-0.25, -0.2) is 13.2 Å². The minimum absolute atomic E-state index is 0.842. The molecule has 0 atom stereocenters. The van der Waals surface area contributed by atoms with Gasteiger partial charge in [-0.05, 0) is 22.6 Å². The first-order chi connectivity index (χ1) is 3.55. The lowest BCUT2D eigenvalue weighted by molar-refractivity contribution is 0.155. The second kappa shape index (κ2) is 3.26. The van der Waals surface area contributed by atoms with Crippen LogP contribution in [-0.2, 0) is 0 Å². The number of hydrogen-bond donors (Lipinski definition) is 0. The molecule has 0 aromatic heterocycles. The third-order valence-electron chi connectivity index (χ3n) is 0.372. The van der Waals surface area contributed by atoms with Gasteiger partial charge in [-0.1, -0.05) is 0 Å². The highest BCUT2D eigenvalue weighted by atomic mass is 127. The normalized spacial score (nSPS) is 14.2. The average Bonchev–Trinajstić information content (AvgIpc) is 1.64. The molecule has 0 aromatic rings. The number of rotatable bonds is 1. The molecule has 0 saturated heterocycles. The molecule has 0 bridgehead atoms. The molecule has 0 aliphatic rings. The summed E-state index contributed by atoms with van der Waals surface area (Å²) in [4.78, 5) is 0. The Balaban J connectivity index is 4.00. The maximum Gasteiger partial charge on any atom is 0.292 e. The van der Waals surface area contributed by atoms with Gasteiger partial charge in [0.1, 0.15) is 0 Å². The second-order valence-corrected chi connectivity index (χ2v) is 1.86. The van der Waals surface area contributed by atoms with Gasteiger partial charge in [0.05, 0.1) is 0 Å². The summed E-state index contributed by atoms with van der Waals surface area (Å²) in [5, 5.41) is 0. The summed E-state index contributed by atoms with van der Waals surface area (Å²) < 4.78 is 43.3. The summed E-state index contributed by atoms with van der Waals surface area (Å²) in [6.45, 7) is 0. The predicted molar refractivity (Wildman–Crippen MR) is 29.3 cm³/mol. The number of halogens is 5.